The van der Waals surface area contributed by atoms with Gasteiger partial charge in [0.2, 0.25) is 0 Å². The van der Waals surface area contributed by atoms with Gasteiger partial charge in [0, 0.05) is 28.2 Å². The van der Waals surface area contributed by atoms with Crippen molar-refractivity contribution in [2.24, 2.45) is 0 Å². The first-order chi connectivity index (χ1) is 25.4. The fraction of sp³-hybridized carbons (Fsp3) is 0.512. The summed E-state index contributed by atoms with van der Waals surface area (Å²) < 4.78 is 39.0. The molecule has 3 heterocycles. The molecule has 0 aromatic heterocycles. The Morgan fingerprint density at radius 1 is 0.436 bits per heavy atom. The Bertz CT molecular complexity index is 2110. The molecule has 3 aromatic carbocycles. The highest BCUT2D eigenvalue weighted by molar-refractivity contribution is 6.64. The van der Waals surface area contributed by atoms with Gasteiger partial charge in [0.15, 0.2) is 0 Å². The number of nitriles is 3. The molecule has 12 heteroatoms. The van der Waals surface area contributed by atoms with E-state index >= 15 is 0 Å². The maximum absolute atomic E-state index is 10.7. The van der Waals surface area contributed by atoms with Crippen LogP contribution in [0.4, 0.5) is 0 Å². The highest BCUT2D eigenvalue weighted by Crippen LogP contribution is 2.49. The van der Waals surface area contributed by atoms with Crippen LogP contribution in [0.25, 0.3) is 0 Å². The Kier molecular flexibility index (Phi) is 8.97. The molecule has 0 N–H and O–H groups in total. The summed E-state index contributed by atoms with van der Waals surface area (Å²) in [6, 6.07) is 19.3. The van der Waals surface area contributed by atoms with Crippen molar-refractivity contribution in [3.63, 3.8) is 0 Å². The Morgan fingerprint density at radius 2 is 0.709 bits per heavy atom. The summed E-state index contributed by atoms with van der Waals surface area (Å²) in [5, 5.41) is 31.8. The van der Waals surface area contributed by atoms with Crippen molar-refractivity contribution in [2.45, 2.75) is 142 Å². The molecule has 7 rings (SSSR count). The van der Waals surface area contributed by atoms with Crippen molar-refractivity contribution < 1.29 is 27.9 Å². The Hall–Kier alpha value is -3.92. The van der Waals surface area contributed by atoms with Crippen LogP contribution in [0.5, 0.6) is 0 Å². The lowest BCUT2D eigenvalue weighted by atomic mass is 9.63. The van der Waals surface area contributed by atoms with E-state index in [2.05, 4.69) is 37.3 Å². The van der Waals surface area contributed by atoms with Crippen molar-refractivity contribution in [3.8, 4) is 18.2 Å². The van der Waals surface area contributed by atoms with Gasteiger partial charge in [0.25, 0.3) is 0 Å². The molecule has 0 bridgehead atoms. The first-order valence-corrected chi connectivity index (χ1v) is 19.2. The third-order valence-corrected chi connectivity index (χ3v) is 13.7. The number of benzene rings is 3. The van der Waals surface area contributed by atoms with E-state index in [-0.39, 0.29) is 5.92 Å². The minimum absolute atomic E-state index is 0.181. The molecule has 55 heavy (non-hydrogen) atoms. The zero-order valence-corrected chi connectivity index (χ0v) is 34.6. The molecule has 0 radical (unpaired) electrons. The Balaban J connectivity index is 1.48. The number of nitrogens with zero attached hydrogens (tertiary/aromatic N) is 3. The Morgan fingerprint density at radius 3 is 1.00 bits per heavy atom. The first-order valence-electron chi connectivity index (χ1n) is 19.2. The average molecular weight is 737 g/mol. The number of rotatable bonds is 4. The minimum atomic E-state index is -0.773. The highest BCUT2D eigenvalue weighted by atomic mass is 16.7. The van der Waals surface area contributed by atoms with Gasteiger partial charge in [-0.05, 0) is 142 Å². The summed E-state index contributed by atoms with van der Waals surface area (Å²) in [6.07, 6.45) is 0. The van der Waals surface area contributed by atoms with E-state index in [0.29, 0.717) is 33.1 Å². The number of fused-ring (bicyclic) bond motifs is 2. The standard InChI is InChI=1S/C43H50B3N3O6/c1-24-15-34(44-50-38(3,4)39(5,6)51-44)26(21-47)16-29(24)37-32-19-35(45-52-40(7,8)41(9,10)53-45)27(22-48)17-30(32)25(2)31-18-28(23-49)36(20-33(31)37)46-54-42(11,12)43(13,14)55-46/h15-20,25,37H,1-14H3. The zero-order chi connectivity index (χ0) is 40.4. The summed E-state index contributed by atoms with van der Waals surface area (Å²) in [7, 11) is -2.27. The summed E-state index contributed by atoms with van der Waals surface area (Å²) in [6.45, 7) is 28.1. The van der Waals surface area contributed by atoms with Crippen molar-refractivity contribution >= 4 is 37.7 Å². The van der Waals surface area contributed by atoms with Gasteiger partial charge in [-0.1, -0.05) is 25.1 Å². The lowest BCUT2D eigenvalue weighted by molar-refractivity contribution is 0.00578. The van der Waals surface area contributed by atoms with E-state index in [0.717, 1.165) is 33.4 Å². The molecule has 1 aliphatic carbocycles. The van der Waals surface area contributed by atoms with E-state index < -0.39 is 60.9 Å². The van der Waals surface area contributed by atoms with E-state index in [4.69, 9.17) is 27.9 Å². The van der Waals surface area contributed by atoms with Gasteiger partial charge < -0.3 is 27.9 Å². The van der Waals surface area contributed by atoms with Gasteiger partial charge in [-0.25, -0.2) is 0 Å². The van der Waals surface area contributed by atoms with Crippen LogP contribution >= 0.6 is 0 Å². The van der Waals surface area contributed by atoms with Gasteiger partial charge in [0.05, 0.1) is 68.5 Å². The summed E-state index contributed by atoms with van der Waals surface area (Å²) in [4.78, 5) is 0. The monoisotopic (exact) mass is 737 g/mol. The molecule has 282 valence electrons. The van der Waals surface area contributed by atoms with Gasteiger partial charge in [-0.2, -0.15) is 15.8 Å². The molecule has 0 atom stereocenters. The van der Waals surface area contributed by atoms with E-state index in [1.807, 2.05) is 114 Å². The fourth-order valence-corrected chi connectivity index (χ4v) is 8.07. The molecule has 0 amide bonds. The number of hydrogen-bond acceptors (Lipinski definition) is 9. The minimum Gasteiger partial charge on any atom is -0.399 e. The molecule has 3 aliphatic heterocycles. The molecule has 3 saturated heterocycles. The quantitative estimate of drug-likeness (QED) is 0.290. The summed E-state index contributed by atoms with van der Waals surface area (Å²) in [5.41, 5.74) is 5.36. The predicted octanol–water partition coefficient (Wildman–Crippen LogP) is 6.15. The molecule has 0 unspecified atom stereocenters. The second kappa shape index (κ2) is 12.5. The molecule has 3 fully saturated rings. The van der Waals surface area contributed by atoms with Gasteiger partial charge >= 0.3 is 21.4 Å². The molecule has 9 nitrogen and oxygen atoms in total. The van der Waals surface area contributed by atoms with Crippen molar-refractivity contribution in [3.05, 3.63) is 86.5 Å². The Labute approximate surface area is 327 Å². The van der Waals surface area contributed by atoms with Crippen LogP contribution in [0.1, 0.15) is 152 Å². The van der Waals surface area contributed by atoms with Crippen molar-refractivity contribution in [1.29, 1.82) is 15.8 Å². The summed E-state index contributed by atoms with van der Waals surface area (Å²) in [5.74, 6) is -0.594. The zero-order valence-electron chi connectivity index (χ0n) is 34.6. The maximum Gasteiger partial charge on any atom is 0.496 e. The van der Waals surface area contributed by atoms with Crippen LogP contribution in [0.2, 0.25) is 0 Å². The maximum atomic E-state index is 10.7. The van der Waals surface area contributed by atoms with E-state index in [9.17, 15) is 15.8 Å². The van der Waals surface area contributed by atoms with Gasteiger partial charge in [-0.15, -0.1) is 0 Å². The third kappa shape index (κ3) is 5.99. The van der Waals surface area contributed by atoms with Crippen LogP contribution in [-0.2, 0) is 27.9 Å². The average Bonchev–Trinajstić information content (AvgIpc) is 3.56. The van der Waals surface area contributed by atoms with Crippen LogP contribution in [0, 0.1) is 40.9 Å². The van der Waals surface area contributed by atoms with E-state index in [1.165, 1.54) is 0 Å². The first kappa shape index (κ1) is 39.3. The molecule has 4 aliphatic rings. The predicted molar refractivity (Wildman–Crippen MR) is 214 cm³/mol. The van der Waals surface area contributed by atoms with Crippen LogP contribution in [0.3, 0.4) is 0 Å². The lowest BCUT2D eigenvalue weighted by Gasteiger charge is -2.35. The highest BCUT2D eigenvalue weighted by Gasteiger charge is 2.55. The van der Waals surface area contributed by atoms with Crippen LogP contribution < -0.4 is 16.4 Å². The van der Waals surface area contributed by atoms with Crippen molar-refractivity contribution in [1.82, 2.24) is 0 Å². The lowest BCUT2D eigenvalue weighted by Crippen LogP contribution is -2.41. The third-order valence-electron chi connectivity index (χ3n) is 13.7. The number of hydrogen-bond donors (Lipinski definition) is 0. The molecule has 0 spiro atoms. The fourth-order valence-electron chi connectivity index (χ4n) is 8.07. The van der Waals surface area contributed by atoms with E-state index in [1.54, 1.807) is 0 Å². The molecule has 0 saturated carbocycles. The van der Waals surface area contributed by atoms with Gasteiger partial charge in [-0.3, -0.25) is 0 Å². The molecular formula is C43H50B3N3O6. The van der Waals surface area contributed by atoms with Gasteiger partial charge in [0.1, 0.15) is 0 Å². The second-order valence-corrected chi connectivity index (χ2v) is 18.7. The normalized spacial score (nSPS) is 24.8. The van der Waals surface area contributed by atoms with Crippen molar-refractivity contribution in [2.75, 3.05) is 0 Å². The van der Waals surface area contributed by atoms with Crippen LogP contribution in [0.15, 0.2) is 36.4 Å². The largest absolute Gasteiger partial charge is 0.496 e. The topological polar surface area (TPSA) is 127 Å². The smallest absolute Gasteiger partial charge is 0.399 e. The number of aryl methyl sites for hydroxylation is 1. The molecular weight excluding hydrogens is 687 g/mol. The van der Waals surface area contributed by atoms with Crippen LogP contribution in [-0.4, -0.2) is 55.0 Å². The SMILES string of the molecule is Cc1cc(B2OC(C)(C)C(C)(C)O2)c(C#N)cc1C1c2cc(B3OC(C)(C)C(C)(C)O3)c(C#N)cc2C(C)c2cc(C#N)c(B3OC(C)(C)C(C)(C)O3)cc21. The molecule has 3 aromatic rings. The summed E-state index contributed by atoms with van der Waals surface area (Å²) >= 11 is 0. The second-order valence-electron chi connectivity index (χ2n) is 18.7.